The van der Waals surface area contributed by atoms with Crippen molar-refractivity contribution in [1.82, 2.24) is 20.9 Å². The highest BCUT2D eigenvalue weighted by atomic mass is 33.1. The first kappa shape index (κ1) is 31.0. The number of nitrogens with zero attached hydrogens (tertiary/aromatic N) is 1. The molecule has 2 fully saturated rings. The molecule has 3 rings (SSSR count). The second-order valence-electron chi connectivity index (χ2n) is 9.36. The Morgan fingerprint density at radius 1 is 1.05 bits per heavy atom. The van der Waals surface area contributed by atoms with E-state index in [-0.39, 0.29) is 36.6 Å². The van der Waals surface area contributed by atoms with Gasteiger partial charge in [-0.2, -0.15) is 0 Å². The number of nitrogens with one attached hydrogen (secondary N) is 3. The molecule has 0 bridgehead atoms. The number of carboxylic acids is 2. The molecule has 2 aliphatic rings. The van der Waals surface area contributed by atoms with Crippen LogP contribution in [0.5, 0.6) is 5.75 Å². The van der Waals surface area contributed by atoms with Crippen LogP contribution in [0.2, 0.25) is 0 Å². The van der Waals surface area contributed by atoms with Crippen molar-refractivity contribution in [1.29, 1.82) is 0 Å². The fourth-order valence-corrected chi connectivity index (χ4v) is 6.58. The lowest BCUT2D eigenvalue weighted by Gasteiger charge is -2.30. The molecule has 1 aromatic carbocycles. The van der Waals surface area contributed by atoms with Gasteiger partial charge in [0.1, 0.15) is 29.9 Å². The fraction of sp³-hybridized carbons (Fsp3) is 0.500. The van der Waals surface area contributed by atoms with Crippen LogP contribution >= 0.6 is 21.6 Å². The molecule has 1 aromatic rings. The first-order valence-corrected chi connectivity index (χ1v) is 14.9. The van der Waals surface area contributed by atoms with Crippen LogP contribution in [-0.2, 0) is 35.2 Å². The van der Waals surface area contributed by atoms with Gasteiger partial charge in [0.05, 0.1) is 12.5 Å². The third-order valence-corrected chi connectivity index (χ3v) is 8.78. The molecule has 14 nitrogen and oxygen atoms in total. The highest BCUT2D eigenvalue weighted by Gasteiger charge is 2.40. The number of amides is 4. The summed E-state index contributed by atoms with van der Waals surface area (Å²) in [7, 11) is 2.12. The molecule has 5 atom stereocenters. The number of carboxylic acid groups (broad SMARTS) is 2. The number of carbonyl (C=O) groups excluding carboxylic acids is 4. The minimum absolute atomic E-state index is 0.0445. The van der Waals surface area contributed by atoms with E-state index in [1.165, 1.54) is 12.1 Å². The van der Waals surface area contributed by atoms with Gasteiger partial charge in [-0.25, -0.2) is 4.79 Å². The van der Waals surface area contributed by atoms with Crippen molar-refractivity contribution in [2.24, 2.45) is 5.73 Å². The van der Waals surface area contributed by atoms with Crippen molar-refractivity contribution < 1.29 is 44.1 Å². The average Bonchev–Trinajstić information content (AvgIpc) is 3.39. The Labute approximate surface area is 237 Å². The normalized spacial score (nSPS) is 25.1. The predicted octanol–water partition coefficient (Wildman–Crippen LogP) is -1.34. The number of carbonyl (C=O) groups is 6. The van der Waals surface area contributed by atoms with E-state index < -0.39 is 72.2 Å². The van der Waals surface area contributed by atoms with E-state index in [9.17, 15) is 44.1 Å². The number of phenolic OH excluding ortho intramolecular Hbond substituents is 1. The number of benzene rings is 1. The largest absolute Gasteiger partial charge is 0.508 e. The Hall–Kier alpha value is -3.50. The topological polar surface area (TPSA) is 228 Å². The Morgan fingerprint density at radius 3 is 2.38 bits per heavy atom. The summed E-state index contributed by atoms with van der Waals surface area (Å²) in [4.78, 5) is 76.7. The third-order valence-electron chi connectivity index (χ3n) is 6.36. The molecule has 0 spiro atoms. The molecule has 4 amide bonds. The van der Waals surface area contributed by atoms with Gasteiger partial charge in [-0.05, 0) is 37.0 Å². The third kappa shape index (κ3) is 8.50. The molecule has 2 saturated heterocycles. The lowest BCUT2D eigenvalue weighted by atomic mass is 10.1. The number of hydrogen-bond donors (Lipinski definition) is 7. The molecule has 0 aliphatic carbocycles. The molecule has 0 unspecified atom stereocenters. The van der Waals surface area contributed by atoms with E-state index in [0.29, 0.717) is 12.0 Å². The Morgan fingerprint density at radius 2 is 1.73 bits per heavy atom. The molecule has 0 radical (unpaired) electrons. The molecular formula is C24H31N5O9S2. The number of fused-ring (bicyclic) bond motifs is 1. The van der Waals surface area contributed by atoms with Crippen molar-refractivity contribution >= 4 is 57.2 Å². The number of hydrogen-bond acceptors (Lipinski definition) is 10. The van der Waals surface area contributed by atoms with Gasteiger partial charge in [-0.15, -0.1) is 0 Å². The van der Waals surface area contributed by atoms with Gasteiger partial charge >= 0.3 is 11.9 Å². The van der Waals surface area contributed by atoms with Crippen LogP contribution in [0.4, 0.5) is 0 Å². The number of aliphatic carboxylic acids is 2. The summed E-state index contributed by atoms with van der Waals surface area (Å²) >= 11 is 0. The number of nitrogens with two attached hydrogens (primary N) is 1. The molecule has 0 saturated carbocycles. The minimum atomic E-state index is -1.53. The quantitative estimate of drug-likeness (QED) is 0.181. The molecular weight excluding hydrogens is 566 g/mol. The van der Waals surface area contributed by atoms with Gasteiger partial charge in [0, 0.05) is 18.1 Å². The lowest BCUT2D eigenvalue weighted by molar-refractivity contribution is -0.147. The maximum absolute atomic E-state index is 13.3. The number of rotatable bonds is 7. The van der Waals surface area contributed by atoms with Crippen LogP contribution in [0.25, 0.3) is 0 Å². The van der Waals surface area contributed by atoms with Gasteiger partial charge < -0.3 is 41.9 Å². The molecule has 0 aromatic heterocycles. The van der Waals surface area contributed by atoms with Crippen molar-refractivity contribution in [3.8, 4) is 5.75 Å². The summed E-state index contributed by atoms with van der Waals surface area (Å²) in [5.74, 6) is -5.72. The average molecular weight is 598 g/mol. The molecule has 218 valence electrons. The standard InChI is InChI=1S/C24H31N5O9S2/c25-14(8-12-3-5-13(30)6-4-12)20(33)27-16-10-39-40-11-17(24(37)38)28-22(35)18-2-1-7-29(18)23(36)15(9-19(31)32)26-21(16)34/h3-6,14-18,30H,1-2,7-11,25H2,(H,26,34)(H,27,33)(H,28,35)(H,31,32)(H,37,38)/t14-,15-,16-,17-,18-/m0/s1. The van der Waals surface area contributed by atoms with E-state index in [0.717, 1.165) is 26.5 Å². The molecule has 40 heavy (non-hydrogen) atoms. The molecule has 16 heteroatoms. The molecule has 8 N–H and O–H groups in total. The molecule has 2 heterocycles. The monoisotopic (exact) mass is 597 g/mol. The maximum Gasteiger partial charge on any atom is 0.327 e. The maximum atomic E-state index is 13.3. The Bertz CT molecular complexity index is 1140. The smallest absolute Gasteiger partial charge is 0.327 e. The van der Waals surface area contributed by atoms with Crippen LogP contribution < -0.4 is 21.7 Å². The highest BCUT2D eigenvalue weighted by Crippen LogP contribution is 2.25. The summed E-state index contributed by atoms with van der Waals surface area (Å²) in [6, 6.07) is -0.0706. The van der Waals surface area contributed by atoms with Crippen LogP contribution in [0, 0.1) is 0 Å². The zero-order chi connectivity index (χ0) is 29.4. The van der Waals surface area contributed by atoms with Gasteiger partial charge in [0.25, 0.3) is 0 Å². The number of aromatic hydroxyl groups is 1. The van der Waals surface area contributed by atoms with Gasteiger partial charge in [0.15, 0.2) is 0 Å². The van der Waals surface area contributed by atoms with E-state index in [2.05, 4.69) is 16.0 Å². The van der Waals surface area contributed by atoms with Gasteiger partial charge in [0.2, 0.25) is 23.6 Å². The van der Waals surface area contributed by atoms with Crippen LogP contribution in [0.15, 0.2) is 24.3 Å². The second-order valence-corrected chi connectivity index (χ2v) is 11.9. The van der Waals surface area contributed by atoms with Crippen molar-refractivity contribution in [3.05, 3.63) is 29.8 Å². The lowest BCUT2D eigenvalue weighted by Crippen LogP contribution is -2.59. The van der Waals surface area contributed by atoms with Crippen molar-refractivity contribution in [3.63, 3.8) is 0 Å². The minimum Gasteiger partial charge on any atom is -0.508 e. The second kappa shape index (κ2) is 14.2. The number of phenols is 1. The van der Waals surface area contributed by atoms with Gasteiger partial charge in [-0.1, -0.05) is 33.7 Å². The zero-order valence-electron chi connectivity index (χ0n) is 21.3. The summed E-state index contributed by atoms with van der Waals surface area (Å²) < 4.78 is 0. The van der Waals surface area contributed by atoms with Crippen LogP contribution in [0.1, 0.15) is 24.8 Å². The summed E-state index contributed by atoms with van der Waals surface area (Å²) in [6.07, 6.45) is 0.00352. The van der Waals surface area contributed by atoms with E-state index >= 15 is 0 Å². The molecule has 2 aliphatic heterocycles. The van der Waals surface area contributed by atoms with Crippen LogP contribution in [-0.4, -0.2) is 104 Å². The Balaban J connectivity index is 1.82. The van der Waals surface area contributed by atoms with Gasteiger partial charge in [-0.3, -0.25) is 24.0 Å². The van der Waals surface area contributed by atoms with E-state index in [1.54, 1.807) is 12.1 Å². The predicted molar refractivity (Wildman–Crippen MR) is 145 cm³/mol. The summed E-state index contributed by atoms with van der Waals surface area (Å²) in [5, 5.41) is 35.8. The van der Waals surface area contributed by atoms with Crippen LogP contribution in [0.3, 0.4) is 0 Å². The van der Waals surface area contributed by atoms with E-state index in [4.69, 9.17) is 5.73 Å². The summed E-state index contributed by atoms with van der Waals surface area (Å²) in [5.41, 5.74) is 6.70. The SMILES string of the molecule is N[C@@H](Cc1ccc(O)cc1)C(=O)N[C@H]1CSSC[C@@H](C(=O)O)NC(=O)[C@@H]2CCCN2C(=O)[C@H](CC(=O)O)NC1=O. The summed E-state index contributed by atoms with van der Waals surface area (Å²) in [6.45, 7) is 0.123. The highest BCUT2D eigenvalue weighted by molar-refractivity contribution is 8.76. The van der Waals surface area contributed by atoms with Crippen molar-refractivity contribution in [2.45, 2.75) is 55.9 Å². The first-order chi connectivity index (χ1) is 19.0. The fourth-order valence-electron chi connectivity index (χ4n) is 4.27. The zero-order valence-corrected chi connectivity index (χ0v) is 22.9. The van der Waals surface area contributed by atoms with Crippen molar-refractivity contribution in [2.75, 3.05) is 18.1 Å². The van der Waals surface area contributed by atoms with E-state index in [1.807, 2.05) is 0 Å². The Kier molecular flexibility index (Phi) is 11.0. The first-order valence-electron chi connectivity index (χ1n) is 12.4.